The predicted molar refractivity (Wildman–Crippen MR) is 101 cm³/mol. The van der Waals surface area contributed by atoms with E-state index in [1.54, 1.807) is 16.8 Å². The molecule has 7 heteroatoms. The summed E-state index contributed by atoms with van der Waals surface area (Å²) in [6.07, 6.45) is 3.11. The maximum absolute atomic E-state index is 13.2. The first kappa shape index (κ1) is 17.2. The standard InChI is InChI=1S/C19H21FN4OS/c1-12-16-10-17(18(25)23-9-3-2-4-15(23)11-21)26-19(16)24(22-12)14-7-5-13(20)6-8-14/h5-8,10,15H,2-4,9,11,21H2,1H3. The number of thiophene rings is 1. The van der Waals surface area contributed by atoms with Gasteiger partial charge in [0.1, 0.15) is 10.6 Å². The number of hydrogen-bond donors (Lipinski definition) is 1. The van der Waals surface area contributed by atoms with Crippen LogP contribution in [0.15, 0.2) is 30.3 Å². The van der Waals surface area contributed by atoms with E-state index in [1.165, 1.54) is 23.5 Å². The number of piperidine rings is 1. The Bertz CT molecular complexity index is 947. The molecule has 1 saturated heterocycles. The van der Waals surface area contributed by atoms with Crippen molar-refractivity contribution in [2.24, 2.45) is 5.73 Å². The fourth-order valence-corrected chi connectivity index (χ4v) is 4.70. The van der Waals surface area contributed by atoms with Crippen molar-refractivity contribution in [3.05, 3.63) is 46.7 Å². The van der Waals surface area contributed by atoms with E-state index < -0.39 is 0 Å². The Kier molecular flexibility index (Phi) is 4.50. The van der Waals surface area contributed by atoms with Gasteiger partial charge in [-0.3, -0.25) is 4.79 Å². The molecule has 1 aliphatic heterocycles. The van der Waals surface area contributed by atoms with Crippen LogP contribution in [-0.2, 0) is 0 Å². The Labute approximate surface area is 155 Å². The van der Waals surface area contributed by atoms with Crippen LogP contribution in [-0.4, -0.2) is 39.7 Å². The largest absolute Gasteiger partial charge is 0.334 e. The van der Waals surface area contributed by atoms with E-state index >= 15 is 0 Å². The highest BCUT2D eigenvalue weighted by molar-refractivity contribution is 7.20. The first-order chi connectivity index (χ1) is 12.6. The molecule has 2 N–H and O–H groups in total. The highest BCUT2D eigenvalue weighted by atomic mass is 32.1. The summed E-state index contributed by atoms with van der Waals surface area (Å²) >= 11 is 1.43. The van der Waals surface area contributed by atoms with Gasteiger partial charge in [0.2, 0.25) is 0 Å². The molecule has 0 radical (unpaired) electrons. The fraction of sp³-hybridized carbons (Fsp3) is 0.368. The summed E-state index contributed by atoms with van der Waals surface area (Å²) in [5.74, 6) is -0.236. The number of rotatable bonds is 3. The highest BCUT2D eigenvalue weighted by Crippen LogP contribution is 2.32. The quantitative estimate of drug-likeness (QED) is 0.765. The van der Waals surface area contributed by atoms with Gasteiger partial charge in [0.05, 0.1) is 16.3 Å². The van der Waals surface area contributed by atoms with Gasteiger partial charge in [-0.25, -0.2) is 9.07 Å². The van der Waals surface area contributed by atoms with E-state index in [2.05, 4.69) is 5.10 Å². The molecule has 5 nitrogen and oxygen atoms in total. The lowest BCUT2D eigenvalue weighted by atomic mass is 10.0. The second kappa shape index (κ2) is 6.81. The molecule has 136 valence electrons. The second-order valence-corrected chi connectivity index (χ2v) is 7.72. The number of carbonyl (C=O) groups is 1. The molecule has 3 aromatic rings. The van der Waals surface area contributed by atoms with Gasteiger partial charge < -0.3 is 10.6 Å². The van der Waals surface area contributed by atoms with Crippen molar-refractivity contribution in [1.82, 2.24) is 14.7 Å². The number of fused-ring (bicyclic) bond motifs is 1. The molecule has 1 aliphatic rings. The fourth-order valence-electron chi connectivity index (χ4n) is 3.56. The maximum Gasteiger partial charge on any atom is 0.264 e. The SMILES string of the molecule is Cc1nn(-c2ccc(F)cc2)c2sc(C(=O)N3CCCCC3CN)cc12. The third-order valence-electron chi connectivity index (χ3n) is 4.99. The Balaban J connectivity index is 1.72. The van der Waals surface area contributed by atoms with Crippen molar-refractivity contribution in [1.29, 1.82) is 0 Å². The summed E-state index contributed by atoms with van der Waals surface area (Å²) in [5, 5.41) is 5.52. The summed E-state index contributed by atoms with van der Waals surface area (Å²) in [4.78, 5) is 16.6. The summed E-state index contributed by atoms with van der Waals surface area (Å²) in [6, 6.07) is 8.26. The minimum atomic E-state index is -0.283. The second-order valence-electron chi connectivity index (χ2n) is 6.69. The van der Waals surface area contributed by atoms with Crippen molar-refractivity contribution in [3.63, 3.8) is 0 Å². The van der Waals surface area contributed by atoms with Crippen LogP contribution in [0.2, 0.25) is 0 Å². The third-order valence-corrected chi connectivity index (χ3v) is 6.09. The highest BCUT2D eigenvalue weighted by Gasteiger charge is 2.28. The number of aromatic nitrogens is 2. The molecule has 0 bridgehead atoms. The lowest BCUT2D eigenvalue weighted by molar-refractivity contribution is 0.0628. The van der Waals surface area contributed by atoms with Gasteiger partial charge in [-0.15, -0.1) is 11.3 Å². The van der Waals surface area contributed by atoms with E-state index in [9.17, 15) is 9.18 Å². The van der Waals surface area contributed by atoms with Crippen LogP contribution in [0.5, 0.6) is 0 Å². The van der Waals surface area contributed by atoms with E-state index in [0.717, 1.165) is 47.4 Å². The number of amides is 1. The molecule has 1 fully saturated rings. The van der Waals surface area contributed by atoms with Gasteiger partial charge in [0.25, 0.3) is 5.91 Å². The minimum absolute atomic E-state index is 0.0476. The Morgan fingerprint density at radius 3 is 2.85 bits per heavy atom. The van der Waals surface area contributed by atoms with Gasteiger partial charge >= 0.3 is 0 Å². The van der Waals surface area contributed by atoms with E-state index in [4.69, 9.17) is 5.73 Å². The number of aryl methyl sites for hydroxylation is 1. The molecular weight excluding hydrogens is 351 g/mol. The van der Waals surface area contributed by atoms with Crippen LogP contribution in [0.3, 0.4) is 0 Å². The predicted octanol–water partition coefficient (Wildman–Crippen LogP) is 3.49. The van der Waals surface area contributed by atoms with Crippen molar-refractivity contribution in [3.8, 4) is 5.69 Å². The summed E-state index contributed by atoms with van der Waals surface area (Å²) in [7, 11) is 0. The van der Waals surface area contributed by atoms with Crippen molar-refractivity contribution in [2.45, 2.75) is 32.2 Å². The van der Waals surface area contributed by atoms with Crippen molar-refractivity contribution < 1.29 is 9.18 Å². The molecule has 1 amide bonds. The number of hydrogen-bond acceptors (Lipinski definition) is 4. The van der Waals surface area contributed by atoms with Gasteiger partial charge in [-0.2, -0.15) is 5.10 Å². The molecule has 2 aromatic heterocycles. The van der Waals surface area contributed by atoms with Gasteiger partial charge in [-0.05, 0) is 56.5 Å². The lowest BCUT2D eigenvalue weighted by Crippen LogP contribution is -2.47. The van der Waals surface area contributed by atoms with Crippen LogP contribution in [0, 0.1) is 12.7 Å². The average molecular weight is 372 g/mol. The molecule has 4 rings (SSSR count). The molecule has 26 heavy (non-hydrogen) atoms. The third kappa shape index (κ3) is 2.91. The molecule has 0 spiro atoms. The number of likely N-dealkylation sites (tertiary alicyclic amines) is 1. The Hall–Kier alpha value is -2.25. The Morgan fingerprint density at radius 2 is 2.12 bits per heavy atom. The van der Waals surface area contributed by atoms with Gasteiger partial charge in [0, 0.05) is 24.5 Å². The van der Waals surface area contributed by atoms with Crippen LogP contribution in [0.25, 0.3) is 15.9 Å². The summed E-state index contributed by atoms with van der Waals surface area (Å²) in [5.41, 5.74) is 7.50. The van der Waals surface area contributed by atoms with Crippen LogP contribution >= 0.6 is 11.3 Å². The number of halogens is 1. The molecule has 0 aliphatic carbocycles. The summed E-state index contributed by atoms with van der Waals surface area (Å²) < 4.78 is 15.0. The molecule has 1 atom stereocenters. The zero-order valence-corrected chi connectivity index (χ0v) is 15.4. The number of benzene rings is 1. The number of nitrogens with two attached hydrogens (primary N) is 1. The molecule has 1 aromatic carbocycles. The monoisotopic (exact) mass is 372 g/mol. The van der Waals surface area contributed by atoms with Crippen LogP contribution in [0.1, 0.15) is 34.6 Å². The van der Waals surface area contributed by atoms with Gasteiger partial charge in [0.15, 0.2) is 0 Å². The minimum Gasteiger partial charge on any atom is -0.334 e. The normalized spacial score (nSPS) is 17.8. The number of nitrogens with zero attached hydrogens (tertiary/aromatic N) is 3. The van der Waals surface area contributed by atoms with E-state index in [-0.39, 0.29) is 17.8 Å². The van der Waals surface area contributed by atoms with Gasteiger partial charge in [-0.1, -0.05) is 0 Å². The van der Waals surface area contributed by atoms with E-state index in [1.807, 2.05) is 17.9 Å². The lowest BCUT2D eigenvalue weighted by Gasteiger charge is -2.34. The molecule has 3 heterocycles. The van der Waals surface area contributed by atoms with Crippen LogP contribution in [0.4, 0.5) is 4.39 Å². The zero-order valence-electron chi connectivity index (χ0n) is 14.6. The van der Waals surface area contributed by atoms with Crippen LogP contribution < -0.4 is 5.73 Å². The Morgan fingerprint density at radius 1 is 1.35 bits per heavy atom. The first-order valence-corrected chi connectivity index (χ1v) is 9.66. The zero-order chi connectivity index (χ0) is 18.3. The topological polar surface area (TPSA) is 64.2 Å². The van der Waals surface area contributed by atoms with Crippen molar-refractivity contribution in [2.75, 3.05) is 13.1 Å². The smallest absolute Gasteiger partial charge is 0.264 e. The molecular formula is C19H21FN4OS. The van der Waals surface area contributed by atoms with Crippen molar-refractivity contribution >= 4 is 27.5 Å². The first-order valence-electron chi connectivity index (χ1n) is 8.84. The van der Waals surface area contributed by atoms with E-state index in [0.29, 0.717) is 11.4 Å². The maximum atomic E-state index is 13.2. The summed E-state index contributed by atoms with van der Waals surface area (Å²) in [6.45, 7) is 3.18. The molecule has 1 unspecified atom stereocenters. The average Bonchev–Trinajstić information content (AvgIpc) is 3.23. The number of carbonyl (C=O) groups excluding carboxylic acids is 1. The molecule has 0 saturated carbocycles.